The monoisotopic (exact) mass is 340 g/mol. The number of likely N-dealkylation sites (tertiary alicyclic amines) is 1. The number of hydrogen-bond donors (Lipinski definition) is 1. The van der Waals surface area contributed by atoms with Gasteiger partial charge in [-0.25, -0.2) is 0 Å². The number of aryl methyl sites for hydroxylation is 1. The molecular formula is C15H21BrN2O2. The van der Waals surface area contributed by atoms with Gasteiger partial charge in [-0.05, 0) is 55.5 Å². The third-order valence-corrected chi connectivity index (χ3v) is 4.27. The molecule has 20 heavy (non-hydrogen) atoms. The molecule has 0 radical (unpaired) electrons. The van der Waals surface area contributed by atoms with Gasteiger partial charge >= 0.3 is 0 Å². The highest BCUT2D eigenvalue weighted by molar-refractivity contribution is 9.10. The van der Waals surface area contributed by atoms with Gasteiger partial charge < -0.3 is 14.9 Å². The summed E-state index contributed by atoms with van der Waals surface area (Å²) in [6.07, 6.45) is 0.223. The lowest BCUT2D eigenvalue weighted by molar-refractivity contribution is 0.0698. The van der Waals surface area contributed by atoms with E-state index in [1.807, 2.05) is 44.1 Å². The standard InChI is InChI=1S/C15H21BrN2O2/c1-10-4-5-14(16)13(6-10)15(20)18-9-12(19)7-11(18)8-17(2)3/h4-6,11-12,19H,7-9H2,1-3H3. The van der Waals surface area contributed by atoms with Crippen LogP contribution in [-0.4, -0.2) is 60.1 Å². The van der Waals surface area contributed by atoms with Crippen molar-refractivity contribution >= 4 is 21.8 Å². The first-order valence-electron chi connectivity index (χ1n) is 6.78. The minimum Gasteiger partial charge on any atom is -0.391 e. The minimum absolute atomic E-state index is 0.0102. The smallest absolute Gasteiger partial charge is 0.255 e. The first-order valence-corrected chi connectivity index (χ1v) is 7.57. The Kier molecular flexibility index (Phi) is 4.83. The Morgan fingerprint density at radius 1 is 1.50 bits per heavy atom. The molecule has 1 aromatic carbocycles. The summed E-state index contributed by atoms with van der Waals surface area (Å²) < 4.78 is 0.804. The van der Waals surface area contributed by atoms with Gasteiger partial charge in [0.25, 0.3) is 5.91 Å². The lowest BCUT2D eigenvalue weighted by atomic mass is 10.1. The molecule has 0 bridgehead atoms. The highest BCUT2D eigenvalue weighted by Crippen LogP contribution is 2.25. The predicted octanol–water partition coefficient (Wildman–Crippen LogP) is 1.89. The molecule has 1 aliphatic heterocycles. The normalized spacial score (nSPS) is 22.6. The van der Waals surface area contributed by atoms with Crippen LogP contribution in [-0.2, 0) is 0 Å². The van der Waals surface area contributed by atoms with Gasteiger partial charge in [-0.15, -0.1) is 0 Å². The molecule has 4 nitrogen and oxygen atoms in total. The Morgan fingerprint density at radius 2 is 2.20 bits per heavy atom. The highest BCUT2D eigenvalue weighted by Gasteiger charge is 2.35. The Morgan fingerprint density at radius 3 is 2.85 bits per heavy atom. The molecule has 1 fully saturated rings. The lowest BCUT2D eigenvalue weighted by Crippen LogP contribution is -2.41. The van der Waals surface area contributed by atoms with Crippen LogP contribution in [0.4, 0.5) is 0 Å². The number of halogens is 1. The molecule has 0 saturated carbocycles. The van der Waals surface area contributed by atoms with Crippen LogP contribution in [0.25, 0.3) is 0 Å². The van der Waals surface area contributed by atoms with Gasteiger partial charge in [0.2, 0.25) is 0 Å². The van der Waals surface area contributed by atoms with E-state index in [1.165, 1.54) is 0 Å². The van der Waals surface area contributed by atoms with Gasteiger partial charge in [0.1, 0.15) is 0 Å². The Hall–Kier alpha value is -0.910. The number of aliphatic hydroxyl groups excluding tert-OH is 1. The van der Waals surface area contributed by atoms with E-state index in [1.54, 1.807) is 4.90 Å². The van der Waals surface area contributed by atoms with Crippen molar-refractivity contribution in [3.63, 3.8) is 0 Å². The van der Waals surface area contributed by atoms with Crippen molar-refractivity contribution in [3.05, 3.63) is 33.8 Å². The number of nitrogens with zero attached hydrogens (tertiary/aromatic N) is 2. The van der Waals surface area contributed by atoms with Gasteiger partial charge in [0, 0.05) is 23.6 Å². The second kappa shape index (κ2) is 6.24. The average molecular weight is 341 g/mol. The van der Waals surface area contributed by atoms with E-state index in [0.717, 1.165) is 16.6 Å². The second-order valence-electron chi connectivity index (χ2n) is 5.75. The summed E-state index contributed by atoms with van der Waals surface area (Å²) in [5, 5.41) is 9.88. The Balaban J connectivity index is 2.24. The van der Waals surface area contributed by atoms with Crippen molar-refractivity contribution in [1.82, 2.24) is 9.80 Å². The van der Waals surface area contributed by atoms with Crippen molar-refractivity contribution in [1.29, 1.82) is 0 Å². The van der Waals surface area contributed by atoms with Crippen LogP contribution in [0.2, 0.25) is 0 Å². The number of aliphatic hydroxyl groups is 1. The molecule has 1 aromatic rings. The number of likely N-dealkylation sites (N-methyl/N-ethyl adjacent to an activating group) is 1. The predicted molar refractivity (Wildman–Crippen MR) is 82.9 cm³/mol. The fraction of sp³-hybridized carbons (Fsp3) is 0.533. The molecule has 1 amide bonds. The summed E-state index contributed by atoms with van der Waals surface area (Å²) in [6, 6.07) is 5.83. The summed E-state index contributed by atoms with van der Waals surface area (Å²) >= 11 is 3.44. The first-order chi connectivity index (χ1) is 9.38. The summed E-state index contributed by atoms with van der Waals surface area (Å²) in [5.74, 6) is -0.0102. The SMILES string of the molecule is Cc1ccc(Br)c(C(=O)N2CC(O)CC2CN(C)C)c1. The Bertz CT molecular complexity index is 505. The number of carbonyl (C=O) groups excluding carboxylic acids is 1. The summed E-state index contributed by atoms with van der Waals surface area (Å²) in [5.41, 5.74) is 1.73. The van der Waals surface area contributed by atoms with Crippen LogP contribution >= 0.6 is 15.9 Å². The van der Waals surface area contributed by atoms with Crippen molar-refractivity contribution in [2.24, 2.45) is 0 Å². The van der Waals surface area contributed by atoms with Gasteiger partial charge in [0.05, 0.1) is 11.7 Å². The van der Waals surface area contributed by atoms with E-state index in [9.17, 15) is 9.90 Å². The molecule has 2 unspecified atom stereocenters. The van der Waals surface area contributed by atoms with Crippen LogP contribution < -0.4 is 0 Å². The van der Waals surface area contributed by atoms with Crippen LogP contribution in [0.3, 0.4) is 0 Å². The van der Waals surface area contributed by atoms with Crippen molar-refractivity contribution in [2.75, 3.05) is 27.2 Å². The summed E-state index contributed by atoms with van der Waals surface area (Å²) in [4.78, 5) is 16.6. The quantitative estimate of drug-likeness (QED) is 0.913. The average Bonchev–Trinajstić information content (AvgIpc) is 2.71. The topological polar surface area (TPSA) is 43.8 Å². The molecule has 0 aliphatic carbocycles. The number of rotatable bonds is 3. The number of β-amino-alcohol motifs (C(OH)–C–C–N with tert-alkyl or cyclic N) is 1. The van der Waals surface area contributed by atoms with E-state index in [2.05, 4.69) is 15.9 Å². The highest BCUT2D eigenvalue weighted by atomic mass is 79.9. The first kappa shape index (κ1) is 15.5. The van der Waals surface area contributed by atoms with Crippen molar-refractivity contribution < 1.29 is 9.90 Å². The van der Waals surface area contributed by atoms with Crippen LogP contribution in [0.1, 0.15) is 22.3 Å². The number of hydrogen-bond acceptors (Lipinski definition) is 3. The zero-order valence-electron chi connectivity index (χ0n) is 12.1. The molecule has 2 rings (SSSR count). The van der Waals surface area contributed by atoms with E-state index >= 15 is 0 Å². The molecular weight excluding hydrogens is 320 g/mol. The largest absolute Gasteiger partial charge is 0.391 e. The zero-order valence-corrected chi connectivity index (χ0v) is 13.7. The van der Waals surface area contributed by atoms with Gasteiger partial charge in [-0.3, -0.25) is 4.79 Å². The molecule has 2 atom stereocenters. The number of amides is 1. The maximum atomic E-state index is 12.7. The lowest BCUT2D eigenvalue weighted by Gasteiger charge is -2.27. The fourth-order valence-electron chi connectivity index (χ4n) is 2.69. The minimum atomic E-state index is -0.424. The van der Waals surface area contributed by atoms with Gasteiger partial charge in [-0.1, -0.05) is 11.6 Å². The van der Waals surface area contributed by atoms with Crippen LogP contribution in [0.15, 0.2) is 22.7 Å². The second-order valence-corrected chi connectivity index (χ2v) is 6.60. The van der Waals surface area contributed by atoms with Crippen molar-refractivity contribution in [2.45, 2.75) is 25.5 Å². The maximum Gasteiger partial charge on any atom is 0.255 e. The van der Waals surface area contributed by atoms with E-state index in [0.29, 0.717) is 18.5 Å². The molecule has 0 spiro atoms. The summed E-state index contributed by atoms with van der Waals surface area (Å²) in [7, 11) is 3.96. The van der Waals surface area contributed by atoms with E-state index < -0.39 is 6.10 Å². The molecule has 1 heterocycles. The molecule has 1 aliphatic rings. The van der Waals surface area contributed by atoms with Crippen LogP contribution in [0, 0.1) is 6.92 Å². The Labute approximate surface area is 128 Å². The van der Waals surface area contributed by atoms with Gasteiger partial charge in [0.15, 0.2) is 0 Å². The molecule has 1 N–H and O–H groups in total. The number of benzene rings is 1. The molecule has 5 heteroatoms. The zero-order chi connectivity index (χ0) is 14.9. The molecule has 110 valence electrons. The van der Waals surface area contributed by atoms with E-state index in [4.69, 9.17) is 0 Å². The van der Waals surface area contributed by atoms with Crippen molar-refractivity contribution in [3.8, 4) is 0 Å². The van der Waals surface area contributed by atoms with Gasteiger partial charge in [-0.2, -0.15) is 0 Å². The van der Waals surface area contributed by atoms with Crippen LogP contribution in [0.5, 0.6) is 0 Å². The third-order valence-electron chi connectivity index (χ3n) is 3.58. The molecule has 1 saturated heterocycles. The maximum absolute atomic E-state index is 12.7. The third kappa shape index (κ3) is 3.40. The summed E-state index contributed by atoms with van der Waals surface area (Å²) in [6.45, 7) is 3.16. The fourth-order valence-corrected chi connectivity index (χ4v) is 3.11. The number of carbonyl (C=O) groups is 1. The molecule has 0 aromatic heterocycles. The van der Waals surface area contributed by atoms with E-state index in [-0.39, 0.29) is 11.9 Å².